The summed E-state index contributed by atoms with van der Waals surface area (Å²) in [5, 5.41) is 7.40. The van der Waals surface area contributed by atoms with Crippen LogP contribution in [-0.4, -0.2) is 21.6 Å². The number of anilines is 1. The lowest BCUT2D eigenvalue weighted by Gasteiger charge is -2.19. The normalized spacial score (nSPS) is 11.5. The second-order valence-corrected chi connectivity index (χ2v) is 9.68. The number of nitrogens with one attached hydrogen (secondary N) is 1. The summed E-state index contributed by atoms with van der Waals surface area (Å²) in [6.45, 7) is 12.5. The smallest absolute Gasteiger partial charge is 0.278 e. The molecule has 0 saturated carbocycles. The molecule has 3 rings (SSSR count). The Kier molecular flexibility index (Phi) is 7.52. The third-order valence-electron chi connectivity index (χ3n) is 6.07. The van der Waals surface area contributed by atoms with Gasteiger partial charge in [-0.1, -0.05) is 52.7 Å². The molecular weight excluding hydrogens is 410 g/mol. The van der Waals surface area contributed by atoms with E-state index in [1.165, 1.54) is 16.7 Å². The number of carbonyl (C=O) groups is 2. The number of aromatic nitrogens is 2. The van der Waals surface area contributed by atoms with Gasteiger partial charge in [-0.25, -0.2) is 4.68 Å². The molecule has 0 radical (unpaired) electrons. The van der Waals surface area contributed by atoms with Crippen LogP contribution >= 0.6 is 0 Å². The van der Waals surface area contributed by atoms with Gasteiger partial charge in [0, 0.05) is 22.5 Å². The van der Waals surface area contributed by atoms with Crippen molar-refractivity contribution in [1.29, 1.82) is 0 Å². The zero-order valence-electron chi connectivity index (χ0n) is 20.7. The summed E-state index contributed by atoms with van der Waals surface area (Å²) in [4.78, 5) is 25.7. The first-order valence-corrected chi connectivity index (χ1v) is 11.7. The average Bonchev–Trinajstić information content (AvgIpc) is 3.07. The lowest BCUT2D eigenvalue weighted by atomic mass is 9.87. The minimum Gasteiger partial charge on any atom is -0.322 e. The van der Waals surface area contributed by atoms with Crippen LogP contribution in [0.5, 0.6) is 0 Å². The monoisotopic (exact) mass is 445 g/mol. The van der Waals surface area contributed by atoms with E-state index >= 15 is 0 Å². The summed E-state index contributed by atoms with van der Waals surface area (Å²) < 4.78 is 1.50. The van der Waals surface area contributed by atoms with Crippen LogP contribution < -0.4 is 5.32 Å². The molecule has 0 aliphatic rings. The number of rotatable bonds is 7. The summed E-state index contributed by atoms with van der Waals surface area (Å²) >= 11 is 0. The fraction of sp³-hybridized carbons (Fsp3) is 0.393. The SMILES string of the molecule is CCCCCc1c(C)nn(C(=O)c2ccc(NC(=O)c3ccc(C(C)(C)C)cc3)cc2)c1C. The Morgan fingerprint density at radius 1 is 0.909 bits per heavy atom. The Morgan fingerprint density at radius 2 is 1.52 bits per heavy atom. The predicted octanol–water partition coefficient (Wildman–Crippen LogP) is 6.47. The molecule has 5 heteroatoms. The molecular formula is C28H35N3O2. The van der Waals surface area contributed by atoms with Gasteiger partial charge in [0.2, 0.25) is 0 Å². The largest absolute Gasteiger partial charge is 0.322 e. The van der Waals surface area contributed by atoms with Crippen molar-refractivity contribution in [2.45, 2.75) is 72.6 Å². The third-order valence-corrected chi connectivity index (χ3v) is 6.07. The van der Waals surface area contributed by atoms with Crippen LogP contribution in [0.15, 0.2) is 48.5 Å². The zero-order valence-corrected chi connectivity index (χ0v) is 20.7. The number of aryl methyl sites for hydroxylation is 1. The lowest BCUT2D eigenvalue weighted by molar-refractivity contribution is 0.0941. The standard InChI is InChI=1S/C28H35N3O2/c1-7-8-9-10-25-19(2)30-31(20(25)3)27(33)22-13-17-24(18-14-22)29-26(32)21-11-15-23(16-12-21)28(4,5)6/h11-18H,7-10H2,1-6H3,(H,29,32). The first kappa shape index (κ1) is 24.4. The van der Waals surface area contributed by atoms with E-state index in [1.54, 1.807) is 24.3 Å². The summed E-state index contributed by atoms with van der Waals surface area (Å²) in [5.41, 5.74) is 5.99. The molecule has 0 unspecified atom stereocenters. The Hall–Kier alpha value is -3.21. The highest BCUT2D eigenvalue weighted by atomic mass is 16.2. The van der Waals surface area contributed by atoms with Gasteiger partial charge in [-0.05, 0) is 79.6 Å². The Labute approximate surface area is 197 Å². The number of benzene rings is 2. The van der Waals surface area contributed by atoms with Crippen molar-refractivity contribution in [3.05, 3.63) is 82.2 Å². The van der Waals surface area contributed by atoms with Crippen molar-refractivity contribution in [3.8, 4) is 0 Å². The summed E-state index contributed by atoms with van der Waals surface area (Å²) in [5.74, 6) is -0.335. The molecule has 1 heterocycles. The Balaban J connectivity index is 1.69. The van der Waals surface area contributed by atoms with E-state index in [1.807, 2.05) is 38.1 Å². The second kappa shape index (κ2) is 10.2. The molecule has 0 spiro atoms. The van der Waals surface area contributed by atoms with Crippen LogP contribution in [0.3, 0.4) is 0 Å². The number of carbonyl (C=O) groups excluding carboxylic acids is 2. The quantitative estimate of drug-likeness (QED) is 0.424. The van der Waals surface area contributed by atoms with Gasteiger partial charge < -0.3 is 5.32 Å². The van der Waals surface area contributed by atoms with E-state index in [-0.39, 0.29) is 17.2 Å². The van der Waals surface area contributed by atoms with Crippen LogP contribution in [0.25, 0.3) is 0 Å². The van der Waals surface area contributed by atoms with Crippen molar-refractivity contribution < 1.29 is 9.59 Å². The minimum atomic E-state index is -0.176. The van der Waals surface area contributed by atoms with Crippen molar-refractivity contribution in [2.24, 2.45) is 0 Å². The molecule has 1 amide bonds. The van der Waals surface area contributed by atoms with Crippen molar-refractivity contribution in [1.82, 2.24) is 9.78 Å². The van der Waals surface area contributed by atoms with Crippen molar-refractivity contribution >= 4 is 17.5 Å². The van der Waals surface area contributed by atoms with E-state index in [2.05, 4.69) is 38.1 Å². The summed E-state index contributed by atoms with van der Waals surface area (Å²) in [7, 11) is 0. The Bertz CT molecular complexity index is 1120. The molecule has 0 bridgehead atoms. The lowest BCUT2D eigenvalue weighted by Crippen LogP contribution is -2.16. The van der Waals surface area contributed by atoms with E-state index < -0.39 is 0 Å². The Morgan fingerprint density at radius 3 is 2.09 bits per heavy atom. The average molecular weight is 446 g/mol. The van der Waals surface area contributed by atoms with Gasteiger partial charge in [0.05, 0.1) is 5.69 Å². The molecule has 0 aliphatic carbocycles. The first-order valence-electron chi connectivity index (χ1n) is 11.7. The highest BCUT2D eigenvalue weighted by Crippen LogP contribution is 2.23. The topological polar surface area (TPSA) is 64.0 Å². The van der Waals surface area contributed by atoms with E-state index in [9.17, 15) is 9.59 Å². The molecule has 33 heavy (non-hydrogen) atoms. The molecule has 1 N–H and O–H groups in total. The van der Waals surface area contributed by atoms with Crippen LogP contribution in [0.4, 0.5) is 5.69 Å². The van der Waals surface area contributed by atoms with Crippen LogP contribution in [-0.2, 0) is 11.8 Å². The number of amides is 1. The van der Waals surface area contributed by atoms with Gasteiger partial charge in [0.1, 0.15) is 0 Å². The van der Waals surface area contributed by atoms with Gasteiger partial charge in [0.15, 0.2) is 0 Å². The molecule has 5 nitrogen and oxygen atoms in total. The number of nitrogens with zero attached hydrogens (tertiary/aromatic N) is 2. The maximum absolute atomic E-state index is 13.0. The summed E-state index contributed by atoms with van der Waals surface area (Å²) in [6, 6.07) is 14.6. The van der Waals surface area contributed by atoms with Gasteiger partial charge in [0.25, 0.3) is 11.8 Å². The second-order valence-electron chi connectivity index (χ2n) is 9.68. The molecule has 2 aromatic carbocycles. The molecule has 0 fully saturated rings. The van der Waals surface area contributed by atoms with Crippen molar-refractivity contribution in [2.75, 3.05) is 5.32 Å². The first-order chi connectivity index (χ1) is 15.6. The van der Waals surface area contributed by atoms with Crippen LogP contribution in [0.2, 0.25) is 0 Å². The molecule has 174 valence electrons. The van der Waals surface area contributed by atoms with Gasteiger partial charge in [-0.15, -0.1) is 0 Å². The van der Waals surface area contributed by atoms with E-state index in [0.29, 0.717) is 16.8 Å². The summed E-state index contributed by atoms with van der Waals surface area (Å²) in [6.07, 6.45) is 4.38. The van der Waals surface area contributed by atoms with Crippen LogP contribution in [0, 0.1) is 13.8 Å². The maximum atomic E-state index is 13.0. The van der Waals surface area contributed by atoms with Gasteiger partial charge in [-0.3, -0.25) is 9.59 Å². The molecule has 3 aromatic rings. The maximum Gasteiger partial charge on any atom is 0.278 e. The zero-order chi connectivity index (χ0) is 24.2. The number of unbranched alkanes of at least 4 members (excludes halogenated alkanes) is 2. The van der Waals surface area contributed by atoms with E-state index in [4.69, 9.17) is 0 Å². The molecule has 0 saturated heterocycles. The predicted molar refractivity (Wildman–Crippen MR) is 134 cm³/mol. The minimum absolute atomic E-state index is 0.0408. The molecule has 0 aliphatic heterocycles. The van der Waals surface area contributed by atoms with Gasteiger partial charge >= 0.3 is 0 Å². The van der Waals surface area contributed by atoms with Gasteiger partial charge in [-0.2, -0.15) is 5.10 Å². The highest BCUT2D eigenvalue weighted by molar-refractivity contribution is 6.04. The fourth-order valence-corrected chi connectivity index (χ4v) is 3.93. The highest BCUT2D eigenvalue weighted by Gasteiger charge is 2.18. The fourth-order valence-electron chi connectivity index (χ4n) is 3.93. The third kappa shape index (κ3) is 5.78. The van der Waals surface area contributed by atoms with Crippen LogP contribution in [0.1, 0.15) is 90.2 Å². The van der Waals surface area contributed by atoms with E-state index in [0.717, 1.165) is 36.2 Å². The number of hydrogen-bond acceptors (Lipinski definition) is 3. The molecule has 1 aromatic heterocycles. The number of hydrogen-bond donors (Lipinski definition) is 1. The van der Waals surface area contributed by atoms with Crippen molar-refractivity contribution in [3.63, 3.8) is 0 Å². The molecule has 0 atom stereocenters.